The van der Waals surface area contributed by atoms with Gasteiger partial charge in [-0.15, -0.1) is 0 Å². The van der Waals surface area contributed by atoms with Crippen molar-refractivity contribution in [2.24, 2.45) is 12.0 Å². The second kappa shape index (κ2) is 8.81. The summed E-state index contributed by atoms with van der Waals surface area (Å²) in [5, 5.41) is 7.29. The highest BCUT2D eigenvalue weighted by Gasteiger charge is 2.27. The summed E-state index contributed by atoms with van der Waals surface area (Å²) >= 11 is 0. The first kappa shape index (κ1) is 19.8. The number of carbonyl (C=O) groups excluding carboxylic acids is 1. The average molecular weight is 390 g/mol. The van der Waals surface area contributed by atoms with Gasteiger partial charge in [-0.25, -0.2) is 8.78 Å². The van der Waals surface area contributed by atoms with Gasteiger partial charge < -0.3 is 15.1 Å². The normalized spacial score (nSPS) is 15.3. The molecule has 9 heteroatoms. The zero-order chi connectivity index (χ0) is 20.1. The number of rotatable bonds is 5. The number of amides is 1. The maximum atomic E-state index is 13.3. The van der Waals surface area contributed by atoms with Crippen molar-refractivity contribution < 1.29 is 13.6 Å². The third-order valence-corrected chi connectivity index (χ3v) is 4.44. The molecule has 0 unspecified atom stereocenters. The van der Waals surface area contributed by atoms with E-state index in [-0.39, 0.29) is 12.5 Å². The lowest BCUT2D eigenvalue weighted by atomic mass is 10.1. The number of aliphatic imine (C=N–C) groups is 1. The van der Waals surface area contributed by atoms with Crippen LogP contribution in [0.3, 0.4) is 0 Å². The van der Waals surface area contributed by atoms with Crippen molar-refractivity contribution in [3.05, 3.63) is 47.8 Å². The molecular formula is C19H24F2N6O. The number of nitrogens with zero attached hydrogens (tertiary/aromatic N) is 5. The van der Waals surface area contributed by atoms with Crippen molar-refractivity contribution in [1.29, 1.82) is 0 Å². The highest BCUT2D eigenvalue weighted by atomic mass is 19.1. The quantitative estimate of drug-likeness (QED) is 0.622. The molecule has 0 bridgehead atoms. The molecule has 3 rings (SSSR count). The Labute approximate surface area is 162 Å². The van der Waals surface area contributed by atoms with E-state index in [1.807, 2.05) is 25.1 Å². The minimum atomic E-state index is -0.594. The fourth-order valence-electron chi connectivity index (χ4n) is 3.15. The molecule has 0 spiro atoms. The van der Waals surface area contributed by atoms with Gasteiger partial charge in [-0.1, -0.05) is 0 Å². The highest BCUT2D eigenvalue weighted by molar-refractivity contribution is 5.98. The molecule has 0 saturated carbocycles. The number of aromatic nitrogens is 2. The smallest absolute Gasteiger partial charge is 0.246 e. The Morgan fingerprint density at radius 3 is 2.61 bits per heavy atom. The summed E-state index contributed by atoms with van der Waals surface area (Å²) in [6.07, 6.45) is 3.89. The molecule has 7 nitrogen and oxygen atoms in total. The number of guanidine groups is 1. The highest BCUT2D eigenvalue weighted by Crippen LogP contribution is 2.16. The number of hydrogen-bond acceptors (Lipinski definition) is 3. The van der Waals surface area contributed by atoms with Crippen LogP contribution in [0, 0.1) is 11.6 Å². The van der Waals surface area contributed by atoms with Gasteiger partial charge in [0.2, 0.25) is 5.91 Å². The monoisotopic (exact) mass is 390 g/mol. The lowest BCUT2D eigenvalue weighted by molar-refractivity contribution is -0.120. The lowest BCUT2D eigenvalue weighted by Crippen LogP contribution is -2.55. The van der Waals surface area contributed by atoms with Gasteiger partial charge in [0, 0.05) is 45.5 Å². The molecule has 1 aliphatic heterocycles. The summed E-state index contributed by atoms with van der Waals surface area (Å²) in [6.45, 7) is 4.33. The van der Waals surface area contributed by atoms with E-state index >= 15 is 0 Å². The van der Waals surface area contributed by atoms with Crippen molar-refractivity contribution in [3.8, 4) is 0 Å². The summed E-state index contributed by atoms with van der Waals surface area (Å²) in [5.74, 6) is -0.596. The van der Waals surface area contributed by atoms with Crippen molar-refractivity contribution in [3.63, 3.8) is 0 Å². The van der Waals surface area contributed by atoms with Gasteiger partial charge in [-0.2, -0.15) is 5.10 Å². The minimum absolute atomic E-state index is 0.0305. The van der Waals surface area contributed by atoms with E-state index < -0.39 is 11.6 Å². The van der Waals surface area contributed by atoms with E-state index in [1.165, 1.54) is 12.1 Å². The molecule has 2 aromatic rings. The van der Waals surface area contributed by atoms with Crippen LogP contribution < -0.4 is 10.2 Å². The molecule has 1 fully saturated rings. The summed E-state index contributed by atoms with van der Waals surface area (Å²) in [4.78, 5) is 20.7. The van der Waals surface area contributed by atoms with Gasteiger partial charge in [-0.3, -0.25) is 14.5 Å². The topological polar surface area (TPSA) is 65.8 Å². The Kier molecular flexibility index (Phi) is 6.23. The van der Waals surface area contributed by atoms with E-state index in [2.05, 4.69) is 15.4 Å². The molecular weight excluding hydrogens is 366 g/mol. The van der Waals surface area contributed by atoms with Gasteiger partial charge >= 0.3 is 0 Å². The predicted molar refractivity (Wildman–Crippen MR) is 103 cm³/mol. The largest absolute Gasteiger partial charge is 0.357 e. The van der Waals surface area contributed by atoms with Gasteiger partial charge in [-0.05, 0) is 31.0 Å². The predicted octanol–water partition coefficient (Wildman–Crippen LogP) is 1.56. The fourth-order valence-corrected chi connectivity index (χ4v) is 3.15. The first-order valence-electron chi connectivity index (χ1n) is 9.23. The molecule has 1 aliphatic rings. The van der Waals surface area contributed by atoms with Crippen molar-refractivity contribution in [1.82, 2.24) is 20.0 Å². The molecule has 1 N–H and O–H groups in total. The molecule has 1 amide bonds. The second-order valence-corrected chi connectivity index (χ2v) is 6.60. The zero-order valence-electron chi connectivity index (χ0n) is 16.0. The number of piperazine rings is 1. The number of nitrogens with one attached hydrogen (secondary N) is 1. The standard InChI is InChI=1S/C19H24F2N6O/c1-3-22-19(23-5-4-14-8-15(20)10-16(21)9-14)26-6-7-27(18(28)13-26)17-11-24-25(2)12-17/h8-12H,3-7,13H2,1-2H3,(H,22,23). The number of anilines is 1. The molecule has 150 valence electrons. The number of halogens is 2. The third kappa shape index (κ3) is 4.85. The number of aryl methyl sites for hydroxylation is 1. The maximum Gasteiger partial charge on any atom is 0.246 e. The summed E-state index contributed by atoms with van der Waals surface area (Å²) < 4.78 is 28.3. The Morgan fingerprint density at radius 2 is 2.00 bits per heavy atom. The molecule has 1 aromatic carbocycles. The molecule has 0 atom stereocenters. The molecule has 1 aromatic heterocycles. The first-order valence-corrected chi connectivity index (χ1v) is 9.23. The average Bonchev–Trinajstić information content (AvgIpc) is 3.06. The lowest BCUT2D eigenvalue weighted by Gasteiger charge is -2.35. The van der Waals surface area contributed by atoms with Crippen LogP contribution in [0.5, 0.6) is 0 Å². The Morgan fingerprint density at radius 1 is 1.25 bits per heavy atom. The number of hydrogen-bond donors (Lipinski definition) is 1. The van der Waals surface area contributed by atoms with Crippen LogP contribution >= 0.6 is 0 Å². The van der Waals surface area contributed by atoms with Crippen LogP contribution in [0.15, 0.2) is 35.6 Å². The summed E-state index contributed by atoms with van der Waals surface area (Å²) in [6, 6.07) is 3.47. The molecule has 28 heavy (non-hydrogen) atoms. The first-order chi connectivity index (χ1) is 13.5. The second-order valence-electron chi connectivity index (χ2n) is 6.60. The third-order valence-electron chi connectivity index (χ3n) is 4.44. The van der Waals surface area contributed by atoms with Gasteiger partial charge in [0.25, 0.3) is 0 Å². The molecule has 1 saturated heterocycles. The maximum absolute atomic E-state index is 13.3. The Balaban J connectivity index is 1.63. The van der Waals surface area contributed by atoms with Gasteiger partial charge in [0.15, 0.2) is 5.96 Å². The van der Waals surface area contributed by atoms with Crippen LogP contribution in [-0.4, -0.2) is 59.3 Å². The fraction of sp³-hybridized carbons (Fsp3) is 0.421. The minimum Gasteiger partial charge on any atom is -0.357 e. The summed E-state index contributed by atoms with van der Waals surface area (Å²) in [5.41, 5.74) is 1.33. The van der Waals surface area contributed by atoms with Crippen LogP contribution in [0.2, 0.25) is 0 Å². The van der Waals surface area contributed by atoms with Crippen molar-refractivity contribution in [2.45, 2.75) is 13.3 Å². The van der Waals surface area contributed by atoms with Crippen LogP contribution in [0.1, 0.15) is 12.5 Å². The van der Waals surface area contributed by atoms with Crippen LogP contribution in [0.25, 0.3) is 0 Å². The number of benzene rings is 1. The molecule has 0 radical (unpaired) electrons. The number of carbonyl (C=O) groups is 1. The zero-order valence-corrected chi connectivity index (χ0v) is 16.0. The molecule has 0 aliphatic carbocycles. The van der Waals surface area contributed by atoms with E-state index in [0.717, 1.165) is 11.8 Å². The Hall–Kier alpha value is -2.97. The van der Waals surface area contributed by atoms with Gasteiger partial charge in [0.05, 0.1) is 11.9 Å². The van der Waals surface area contributed by atoms with Crippen molar-refractivity contribution in [2.75, 3.05) is 37.6 Å². The summed E-state index contributed by atoms with van der Waals surface area (Å²) in [7, 11) is 1.81. The van der Waals surface area contributed by atoms with Crippen molar-refractivity contribution >= 4 is 17.6 Å². The van der Waals surface area contributed by atoms with E-state index in [1.54, 1.807) is 15.8 Å². The van der Waals surface area contributed by atoms with Gasteiger partial charge in [0.1, 0.15) is 18.2 Å². The van der Waals surface area contributed by atoms with Crippen LogP contribution in [0.4, 0.5) is 14.5 Å². The van der Waals surface area contributed by atoms with E-state index in [0.29, 0.717) is 44.1 Å². The SMILES string of the molecule is CCNC(=NCCc1cc(F)cc(F)c1)N1CCN(c2cnn(C)c2)C(=O)C1. The van der Waals surface area contributed by atoms with Crippen LogP contribution in [-0.2, 0) is 18.3 Å². The Bertz CT molecular complexity index is 846. The van der Waals surface area contributed by atoms with E-state index in [9.17, 15) is 13.6 Å². The van der Waals surface area contributed by atoms with E-state index in [4.69, 9.17) is 0 Å². The molecule has 2 heterocycles.